The van der Waals surface area contributed by atoms with Gasteiger partial charge < -0.3 is 13.9 Å². The Hall–Kier alpha value is -3.03. The Morgan fingerprint density at radius 2 is 1.88 bits per heavy atom. The maximum absolute atomic E-state index is 5.47. The molecule has 4 aromatic heterocycles. The standard InChI is InChI=1S/C27H34N6O/c1-20(2)27-30-25(19-32(27)11-6-10-31-13-15-34-16-14-31)22-17-26-24(29-18-22)8-12-33(26)21(3)23-7-4-5-9-28-23/h4-5,7-9,12,17-21H,6,10-11,13-16H2,1-3H3. The van der Waals surface area contributed by atoms with Crippen LogP contribution in [0.15, 0.2) is 55.1 Å². The first-order chi connectivity index (χ1) is 16.6. The van der Waals surface area contributed by atoms with Crippen molar-refractivity contribution in [2.75, 3.05) is 32.8 Å². The van der Waals surface area contributed by atoms with E-state index in [0.29, 0.717) is 5.92 Å². The number of aromatic nitrogens is 5. The summed E-state index contributed by atoms with van der Waals surface area (Å²) in [5, 5.41) is 0. The van der Waals surface area contributed by atoms with Gasteiger partial charge in [-0.3, -0.25) is 14.9 Å². The number of ether oxygens (including phenoxy) is 1. The highest BCUT2D eigenvalue weighted by molar-refractivity contribution is 5.81. The smallest absolute Gasteiger partial charge is 0.111 e. The van der Waals surface area contributed by atoms with Gasteiger partial charge in [-0.1, -0.05) is 19.9 Å². The average molecular weight is 459 g/mol. The Bertz CT molecular complexity index is 1220. The van der Waals surface area contributed by atoms with Crippen molar-refractivity contribution >= 4 is 11.0 Å². The molecule has 1 saturated heterocycles. The third-order valence-electron chi connectivity index (χ3n) is 6.70. The molecule has 0 spiro atoms. The Morgan fingerprint density at radius 1 is 1.03 bits per heavy atom. The van der Waals surface area contributed by atoms with Crippen LogP contribution in [-0.2, 0) is 11.3 Å². The fourth-order valence-electron chi connectivity index (χ4n) is 4.77. The van der Waals surface area contributed by atoms with E-state index in [-0.39, 0.29) is 6.04 Å². The zero-order valence-electron chi connectivity index (χ0n) is 20.4. The number of morpholine rings is 1. The molecule has 0 saturated carbocycles. The van der Waals surface area contributed by atoms with Crippen molar-refractivity contribution in [3.05, 3.63) is 66.6 Å². The summed E-state index contributed by atoms with van der Waals surface area (Å²) in [6, 6.07) is 10.5. The van der Waals surface area contributed by atoms with E-state index in [2.05, 4.69) is 70.4 Å². The molecule has 0 aliphatic carbocycles. The summed E-state index contributed by atoms with van der Waals surface area (Å²) in [6.45, 7) is 12.4. The fraction of sp³-hybridized carbons (Fsp3) is 0.444. The predicted octanol–water partition coefficient (Wildman–Crippen LogP) is 4.75. The van der Waals surface area contributed by atoms with Gasteiger partial charge in [0.2, 0.25) is 0 Å². The summed E-state index contributed by atoms with van der Waals surface area (Å²) in [7, 11) is 0. The molecule has 0 radical (unpaired) electrons. The Balaban J connectivity index is 1.39. The van der Waals surface area contributed by atoms with Crippen molar-refractivity contribution in [3.8, 4) is 11.3 Å². The predicted molar refractivity (Wildman–Crippen MR) is 135 cm³/mol. The molecule has 1 aliphatic heterocycles. The largest absolute Gasteiger partial charge is 0.379 e. The molecule has 1 fully saturated rings. The maximum Gasteiger partial charge on any atom is 0.111 e. The summed E-state index contributed by atoms with van der Waals surface area (Å²) in [5.41, 5.74) is 5.17. The molecule has 1 aliphatic rings. The second-order valence-corrected chi connectivity index (χ2v) is 9.42. The summed E-state index contributed by atoms with van der Waals surface area (Å²) >= 11 is 0. The lowest BCUT2D eigenvalue weighted by atomic mass is 10.2. The van der Waals surface area contributed by atoms with Crippen molar-refractivity contribution in [2.45, 2.75) is 45.7 Å². The van der Waals surface area contributed by atoms with Crippen LogP contribution in [0.3, 0.4) is 0 Å². The number of pyridine rings is 2. The van der Waals surface area contributed by atoms with Gasteiger partial charge in [-0.05, 0) is 37.6 Å². The first-order valence-electron chi connectivity index (χ1n) is 12.3. The van der Waals surface area contributed by atoms with Crippen LogP contribution in [0.25, 0.3) is 22.3 Å². The van der Waals surface area contributed by atoms with Gasteiger partial charge in [-0.15, -0.1) is 0 Å². The quantitative estimate of drug-likeness (QED) is 0.381. The highest BCUT2D eigenvalue weighted by Crippen LogP contribution is 2.28. The number of nitrogens with zero attached hydrogens (tertiary/aromatic N) is 6. The molecule has 0 amide bonds. The molecule has 0 aromatic carbocycles. The Labute approximate surface area is 201 Å². The highest BCUT2D eigenvalue weighted by atomic mass is 16.5. The van der Waals surface area contributed by atoms with E-state index in [1.807, 2.05) is 24.5 Å². The van der Waals surface area contributed by atoms with Crippen LogP contribution < -0.4 is 0 Å². The molecule has 7 heteroatoms. The van der Waals surface area contributed by atoms with Crippen LogP contribution in [0.5, 0.6) is 0 Å². The van der Waals surface area contributed by atoms with Gasteiger partial charge in [0.25, 0.3) is 0 Å². The van der Waals surface area contributed by atoms with E-state index in [9.17, 15) is 0 Å². The fourth-order valence-corrected chi connectivity index (χ4v) is 4.77. The zero-order chi connectivity index (χ0) is 23.5. The van der Waals surface area contributed by atoms with Gasteiger partial charge in [0, 0.05) is 62.4 Å². The average Bonchev–Trinajstić information content (AvgIpc) is 3.49. The molecule has 0 N–H and O–H groups in total. The third kappa shape index (κ3) is 4.76. The van der Waals surface area contributed by atoms with Crippen LogP contribution in [0, 0.1) is 0 Å². The van der Waals surface area contributed by atoms with E-state index >= 15 is 0 Å². The second-order valence-electron chi connectivity index (χ2n) is 9.42. The molecular formula is C27H34N6O. The van der Waals surface area contributed by atoms with Crippen LogP contribution in [0.4, 0.5) is 0 Å². The molecule has 5 heterocycles. The van der Waals surface area contributed by atoms with Crippen molar-refractivity contribution in [3.63, 3.8) is 0 Å². The minimum Gasteiger partial charge on any atom is -0.379 e. The number of hydrogen-bond acceptors (Lipinski definition) is 5. The Morgan fingerprint density at radius 3 is 2.65 bits per heavy atom. The van der Waals surface area contributed by atoms with E-state index in [4.69, 9.17) is 14.7 Å². The van der Waals surface area contributed by atoms with Crippen LogP contribution in [-0.4, -0.2) is 61.8 Å². The summed E-state index contributed by atoms with van der Waals surface area (Å²) in [4.78, 5) is 16.8. The Kier molecular flexibility index (Phi) is 6.74. The molecule has 178 valence electrons. The maximum atomic E-state index is 5.47. The lowest BCUT2D eigenvalue weighted by Gasteiger charge is -2.26. The molecule has 5 rings (SSSR count). The zero-order valence-corrected chi connectivity index (χ0v) is 20.4. The minimum atomic E-state index is 0.125. The number of aryl methyl sites for hydroxylation is 1. The number of hydrogen-bond donors (Lipinski definition) is 0. The van der Waals surface area contributed by atoms with Crippen LogP contribution in [0.2, 0.25) is 0 Å². The molecular weight excluding hydrogens is 424 g/mol. The van der Waals surface area contributed by atoms with Crippen LogP contribution >= 0.6 is 0 Å². The summed E-state index contributed by atoms with van der Waals surface area (Å²) in [6.07, 6.45) is 9.21. The van der Waals surface area contributed by atoms with Gasteiger partial charge in [0.15, 0.2) is 0 Å². The van der Waals surface area contributed by atoms with Crippen molar-refractivity contribution in [1.29, 1.82) is 0 Å². The molecule has 7 nitrogen and oxygen atoms in total. The first kappa shape index (κ1) is 22.7. The number of fused-ring (bicyclic) bond motifs is 1. The van der Waals surface area contributed by atoms with Crippen LogP contribution in [0.1, 0.15) is 50.7 Å². The lowest BCUT2D eigenvalue weighted by Crippen LogP contribution is -2.37. The number of rotatable bonds is 8. The minimum absolute atomic E-state index is 0.125. The highest BCUT2D eigenvalue weighted by Gasteiger charge is 2.17. The first-order valence-corrected chi connectivity index (χ1v) is 12.3. The van der Waals surface area contributed by atoms with Gasteiger partial charge in [-0.2, -0.15) is 0 Å². The molecule has 1 atom stereocenters. The molecule has 1 unspecified atom stereocenters. The van der Waals surface area contributed by atoms with Crippen molar-refractivity contribution < 1.29 is 4.74 Å². The van der Waals surface area contributed by atoms with E-state index in [0.717, 1.165) is 79.6 Å². The molecule has 0 bridgehead atoms. The van der Waals surface area contributed by atoms with E-state index in [1.54, 1.807) is 0 Å². The van der Waals surface area contributed by atoms with Crippen molar-refractivity contribution in [2.24, 2.45) is 0 Å². The topological polar surface area (TPSA) is 61.0 Å². The normalized spacial score (nSPS) is 15.9. The monoisotopic (exact) mass is 458 g/mol. The van der Waals surface area contributed by atoms with Gasteiger partial charge in [-0.25, -0.2) is 4.98 Å². The van der Waals surface area contributed by atoms with Gasteiger partial charge in [0.05, 0.1) is 41.7 Å². The van der Waals surface area contributed by atoms with Gasteiger partial charge >= 0.3 is 0 Å². The van der Waals surface area contributed by atoms with E-state index in [1.165, 1.54) is 0 Å². The van der Waals surface area contributed by atoms with Gasteiger partial charge in [0.1, 0.15) is 5.82 Å². The summed E-state index contributed by atoms with van der Waals surface area (Å²) < 4.78 is 10.1. The second kappa shape index (κ2) is 10.1. The molecule has 34 heavy (non-hydrogen) atoms. The van der Waals surface area contributed by atoms with E-state index < -0.39 is 0 Å². The summed E-state index contributed by atoms with van der Waals surface area (Å²) in [5.74, 6) is 1.50. The third-order valence-corrected chi connectivity index (χ3v) is 6.70. The SMILES string of the molecule is CC(C)c1nc(-c2cnc3ccn(C(C)c4ccccn4)c3c2)cn1CCCN1CCOCC1. The number of imidazole rings is 1. The lowest BCUT2D eigenvalue weighted by molar-refractivity contribution is 0.0369. The van der Waals surface area contributed by atoms with Crippen molar-refractivity contribution in [1.82, 2.24) is 29.0 Å². The molecule has 4 aromatic rings.